The summed E-state index contributed by atoms with van der Waals surface area (Å²) in [7, 11) is 0. The lowest BCUT2D eigenvalue weighted by Crippen LogP contribution is -2.50. The van der Waals surface area contributed by atoms with E-state index in [0.29, 0.717) is 56.7 Å². The summed E-state index contributed by atoms with van der Waals surface area (Å²) in [4.78, 5) is 43.4. The fraction of sp³-hybridized carbons (Fsp3) is 0.559. The quantitative estimate of drug-likeness (QED) is 0.325. The van der Waals surface area contributed by atoms with Crippen molar-refractivity contribution < 1.29 is 45.5 Å². The average molecular weight is 681 g/mol. The highest BCUT2D eigenvalue weighted by atomic mass is 19.4. The Morgan fingerprint density at radius 3 is 2.17 bits per heavy atom. The van der Waals surface area contributed by atoms with E-state index in [1.807, 2.05) is 24.3 Å². The molecule has 3 aliphatic heterocycles. The van der Waals surface area contributed by atoms with Crippen molar-refractivity contribution >= 4 is 23.6 Å². The van der Waals surface area contributed by atoms with E-state index in [0.717, 1.165) is 30.8 Å². The molecule has 1 aliphatic carbocycles. The monoisotopic (exact) mass is 680 g/mol. The minimum atomic E-state index is -5.06. The van der Waals surface area contributed by atoms with Crippen LogP contribution in [0.1, 0.15) is 54.4 Å². The van der Waals surface area contributed by atoms with Crippen LogP contribution in [0.3, 0.4) is 0 Å². The molecule has 48 heavy (non-hydrogen) atoms. The van der Waals surface area contributed by atoms with Gasteiger partial charge >= 0.3 is 24.5 Å². The zero-order chi connectivity index (χ0) is 34.2. The summed E-state index contributed by atoms with van der Waals surface area (Å²) in [5, 5.41) is 6.14. The van der Waals surface area contributed by atoms with Crippen LogP contribution in [0.15, 0.2) is 42.5 Å². The highest BCUT2D eigenvalue weighted by Gasteiger charge is 2.42. The summed E-state index contributed by atoms with van der Waals surface area (Å²) in [5.41, 5.74) is -1.61. The second kappa shape index (κ2) is 13.6. The first-order valence-corrected chi connectivity index (χ1v) is 16.4. The predicted molar refractivity (Wildman–Crippen MR) is 163 cm³/mol. The van der Waals surface area contributed by atoms with Gasteiger partial charge in [-0.15, -0.1) is 0 Å². The standard InChI is InChI=1S/C34H38F6N4O4/c35-33(36,37)25-13-20(14-26(17-25)34(38,39)40)15-29(30(45)23-6-5-22(16-23)24-18-41-19-24)48-32(47)43-10-8-27(9-11-43)44-12-7-21-3-1-2-4-28(21)42-31(44)46/h1-4,13-14,17,22-24,27,29,41H,5-12,15-16,18-19H2,(H,42,46)/t22?,23?,29-/m1/s1. The Labute approximate surface area is 274 Å². The van der Waals surface area contributed by atoms with Crippen LogP contribution in [0.25, 0.3) is 0 Å². The van der Waals surface area contributed by atoms with Crippen molar-refractivity contribution in [2.24, 2.45) is 17.8 Å². The Bertz CT molecular complexity index is 1490. The number of amides is 3. The summed E-state index contributed by atoms with van der Waals surface area (Å²) in [6.45, 7) is 2.55. The molecule has 260 valence electrons. The van der Waals surface area contributed by atoms with Gasteiger partial charge < -0.3 is 25.2 Å². The Kier molecular flexibility index (Phi) is 9.65. The summed E-state index contributed by atoms with van der Waals surface area (Å²) in [5.74, 6) is -0.328. The number of nitrogens with one attached hydrogen (secondary N) is 2. The highest BCUT2D eigenvalue weighted by molar-refractivity contribution is 5.91. The number of para-hydroxylation sites is 1. The lowest BCUT2D eigenvalue weighted by atomic mass is 9.84. The highest BCUT2D eigenvalue weighted by Crippen LogP contribution is 2.40. The third-order valence-electron chi connectivity index (χ3n) is 10.3. The van der Waals surface area contributed by atoms with Crippen molar-refractivity contribution in [1.82, 2.24) is 15.1 Å². The van der Waals surface area contributed by atoms with Crippen LogP contribution < -0.4 is 10.6 Å². The lowest BCUT2D eigenvalue weighted by Gasteiger charge is -2.38. The van der Waals surface area contributed by atoms with E-state index in [2.05, 4.69) is 10.6 Å². The number of benzene rings is 2. The van der Waals surface area contributed by atoms with Gasteiger partial charge in [-0.3, -0.25) is 4.79 Å². The van der Waals surface area contributed by atoms with Crippen LogP contribution in [0.5, 0.6) is 0 Å². The molecular formula is C34H38F6N4O4. The topological polar surface area (TPSA) is 91.0 Å². The molecule has 2 N–H and O–H groups in total. The first-order valence-electron chi connectivity index (χ1n) is 16.4. The minimum absolute atomic E-state index is 0.0357. The van der Waals surface area contributed by atoms with Crippen LogP contribution >= 0.6 is 0 Å². The number of carbonyl (C=O) groups is 3. The number of alkyl halides is 6. The fourth-order valence-corrected chi connectivity index (χ4v) is 7.46. The first-order chi connectivity index (χ1) is 22.8. The summed E-state index contributed by atoms with van der Waals surface area (Å²) >= 11 is 0. The van der Waals surface area contributed by atoms with E-state index < -0.39 is 59.4 Å². The number of fused-ring (bicyclic) bond motifs is 1. The number of urea groups is 1. The smallest absolute Gasteiger partial charge is 0.416 e. The second-order valence-corrected chi connectivity index (χ2v) is 13.3. The van der Waals surface area contributed by atoms with Crippen molar-refractivity contribution in [3.8, 4) is 0 Å². The molecule has 6 rings (SSSR count). The molecule has 2 aromatic rings. The van der Waals surface area contributed by atoms with Crippen LogP contribution in [0, 0.1) is 17.8 Å². The SMILES string of the molecule is O=C(C1CCC(C2CNC2)C1)[C@@H](Cc1cc(C(F)(F)F)cc(C(F)(F)F)c1)OC(=O)N1CCC(N2CCc3ccccc3NC2=O)CC1. The molecule has 2 aromatic carbocycles. The Morgan fingerprint density at radius 1 is 0.875 bits per heavy atom. The lowest BCUT2D eigenvalue weighted by molar-refractivity contribution is -0.143. The summed E-state index contributed by atoms with van der Waals surface area (Å²) in [6.07, 6.45) is -9.81. The molecule has 3 amide bonds. The van der Waals surface area contributed by atoms with Gasteiger partial charge in [-0.05, 0) is 98.8 Å². The Morgan fingerprint density at radius 2 is 1.54 bits per heavy atom. The van der Waals surface area contributed by atoms with E-state index in [1.54, 1.807) is 4.90 Å². The van der Waals surface area contributed by atoms with E-state index >= 15 is 0 Å². The first kappa shape index (κ1) is 34.1. The van der Waals surface area contributed by atoms with Crippen molar-refractivity contribution in [1.29, 1.82) is 0 Å². The molecule has 0 bridgehead atoms. The maximum atomic E-state index is 13.8. The predicted octanol–water partition coefficient (Wildman–Crippen LogP) is 6.53. The van der Waals surface area contributed by atoms with Crippen molar-refractivity contribution in [3.05, 3.63) is 64.7 Å². The molecule has 0 spiro atoms. The van der Waals surface area contributed by atoms with E-state index in [-0.39, 0.29) is 37.1 Å². The number of likely N-dealkylation sites (tertiary alicyclic amines) is 1. The van der Waals surface area contributed by atoms with Crippen molar-refractivity contribution in [2.45, 2.75) is 69.4 Å². The summed E-state index contributed by atoms with van der Waals surface area (Å²) < 4.78 is 87.4. The third kappa shape index (κ3) is 7.58. The van der Waals surface area contributed by atoms with Gasteiger partial charge in [0, 0.05) is 43.7 Å². The van der Waals surface area contributed by atoms with Gasteiger partial charge in [0.05, 0.1) is 11.1 Å². The second-order valence-electron chi connectivity index (χ2n) is 13.3. The molecule has 1 saturated carbocycles. The largest absolute Gasteiger partial charge is 0.438 e. The van der Waals surface area contributed by atoms with Gasteiger partial charge in [0.2, 0.25) is 0 Å². The fourth-order valence-electron chi connectivity index (χ4n) is 7.46. The van der Waals surface area contributed by atoms with Gasteiger partial charge in [-0.2, -0.15) is 26.3 Å². The maximum absolute atomic E-state index is 13.8. The zero-order valence-corrected chi connectivity index (χ0v) is 26.2. The number of piperidine rings is 1. The number of anilines is 1. The maximum Gasteiger partial charge on any atom is 0.416 e. The van der Waals surface area contributed by atoms with Gasteiger partial charge in [0.15, 0.2) is 11.9 Å². The third-order valence-corrected chi connectivity index (χ3v) is 10.3. The molecule has 3 atom stereocenters. The van der Waals surface area contributed by atoms with E-state index in [1.165, 1.54) is 4.90 Å². The number of ketones is 1. The molecule has 3 fully saturated rings. The molecule has 3 heterocycles. The molecule has 2 saturated heterocycles. The average Bonchev–Trinajstić information content (AvgIpc) is 3.42. The number of hydrogen-bond acceptors (Lipinski definition) is 5. The number of rotatable bonds is 7. The van der Waals surface area contributed by atoms with Crippen LogP contribution in [0.2, 0.25) is 0 Å². The zero-order valence-electron chi connectivity index (χ0n) is 26.2. The van der Waals surface area contributed by atoms with Crippen LogP contribution in [-0.4, -0.2) is 72.6 Å². The number of nitrogens with zero attached hydrogens (tertiary/aromatic N) is 2. The number of ether oxygens (including phenoxy) is 1. The molecule has 2 unspecified atom stereocenters. The Balaban J connectivity index is 1.16. The number of hydrogen-bond donors (Lipinski definition) is 2. The van der Waals surface area contributed by atoms with Crippen LogP contribution in [-0.2, 0) is 34.7 Å². The van der Waals surface area contributed by atoms with Gasteiger partial charge in [-0.1, -0.05) is 18.2 Å². The minimum Gasteiger partial charge on any atom is -0.438 e. The number of halogens is 6. The molecular weight excluding hydrogens is 642 g/mol. The van der Waals surface area contributed by atoms with Crippen molar-refractivity contribution in [3.63, 3.8) is 0 Å². The molecule has 14 heteroatoms. The Hall–Kier alpha value is -3.81. The molecule has 4 aliphatic rings. The summed E-state index contributed by atoms with van der Waals surface area (Å²) in [6, 6.07) is 8.34. The molecule has 0 aromatic heterocycles. The van der Waals surface area contributed by atoms with Crippen LogP contribution in [0.4, 0.5) is 41.6 Å². The van der Waals surface area contributed by atoms with Gasteiger partial charge in [-0.25, -0.2) is 9.59 Å². The number of Topliss-reactive ketones (excluding diaryl/α,β-unsaturated/α-hetero) is 1. The van der Waals surface area contributed by atoms with Gasteiger partial charge in [0.1, 0.15) is 0 Å². The normalized spacial score (nSPS) is 23.2. The van der Waals surface area contributed by atoms with E-state index in [4.69, 9.17) is 4.74 Å². The number of carbonyl (C=O) groups excluding carboxylic acids is 3. The van der Waals surface area contributed by atoms with Crippen molar-refractivity contribution in [2.75, 3.05) is 38.0 Å². The van der Waals surface area contributed by atoms with Gasteiger partial charge in [0.25, 0.3) is 0 Å². The molecule has 8 nitrogen and oxygen atoms in total. The van der Waals surface area contributed by atoms with E-state index in [9.17, 15) is 40.7 Å². The molecule has 0 radical (unpaired) electrons.